The van der Waals surface area contributed by atoms with E-state index in [-0.39, 0.29) is 23.1 Å². The number of aryl methyl sites for hydroxylation is 1. The van der Waals surface area contributed by atoms with Crippen LogP contribution in [0.4, 0.5) is 11.4 Å². The lowest BCUT2D eigenvalue weighted by Crippen LogP contribution is -2.33. The molecule has 2 aromatic rings. The number of anilines is 2. The second kappa shape index (κ2) is 6.85. The number of nitrogens with one attached hydrogen (secondary N) is 1. The molecule has 130 valence electrons. The molecule has 2 amide bonds. The van der Waals surface area contributed by atoms with E-state index in [1.807, 2.05) is 51.1 Å². The van der Waals surface area contributed by atoms with Crippen molar-refractivity contribution >= 4 is 28.8 Å². The molecule has 0 unspecified atom stereocenters. The van der Waals surface area contributed by atoms with Gasteiger partial charge in [-0.1, -0.05) is 35.9 Å². The zero-order valence-electron chi connectivity index (χ0n) is 14.9. The fraction of sp³-hybridized carbons (Fsp3) is 0.190. The molecule has 2 aromatic carbocycles. The van der Waals surface area contributed by atoms with Gasteiger partial charge in [0.1, 0.15) is 11.6 Å². The van der Waals surface area contributed by atoms with E-state index in [4.69, 9.17) is 0 Å². The third kappa shape index (κ3) is 2.98. The van der Waals surface area contributed by atoms with Gasteiger partial charge >= 0.3 is 0 Å². The molecule has 1 aliphatic heterocycles. The van der Waals surface area contributed by atoms with Crippen molar-refractivity contribution in [3.05, 3.63) is 65.2 Å². The van der Waals surface area contributed by atoms with Crippen molar-refractivity contribution in [3.8, 4) is 6.07 Å². The number of fused-ring (bicyclic) bond motifs is 1. The molecule has 0 aromatic heterocycles. The van der Waals surface area contributed by atoms with Gasteiger partial charge in [0.15, 0.2) is 0 Å². The third-order valence-electron chi connectivity index (χ3n) is 4.28. The van der Waals surface area contributed by atoms with E-state index in [9.17, 15) is 14.9 Å². The van der Waals surface area contributed by atoms with Crippen molar-refractivity contribution in [3.63, 3.8) is 0 Å². The zero-order chi connectivity index (χ0) is 18.8. The minimum Gasteiger partial charge on any atom is -0.321 e. The maximum Gasteiger partial charge on any atom is 0.267 e. The lowest BCUT2D eigenvalue weighted by molar-refractivity contribution is -0.115. The van der Waals surface area contributed by atoms with Gasteiger partial charge in [-0.25, -0.2) is 0 Å². The standard InChI is InChI=1S/C21H19N3O2/c1-13(2)24-18-7-5-4-6-16(18)19(21(24)26)17(12-22)20(25)23-15-10-8-14(3)9-11-15/h4-11,13H,1-3H3,(H,23,25). The Labute approximate surface area is 152 Å². The van der Waals surface area contributed by atoms with E-state index in [2.05, 4.69) is 5.32 Å². The molecule has 5 nitrogen and oxygen atoms in total. The van der Waals surface area contributed by atoms with E-state index >= 15 is 0 Å². The highest BCUT2D eigenvalue weighted by molar-refractivity contribution is 6.38. The first kappa shape index (κ1) is 17.4. The average Bonchev–Trinajstić information content (AvgIpc) is 2.90. The van der Waals surface area contributed by atoms with Gasteiger partial charge in [-0.3, -0.25) is 9.59 Å². The first-order valence-electron chi connectivity index (χ1n) is 8.39. The van der Waals surface area contributed by atoms with E-state index in [1.54, 1.807) is 29.2 Å². The predicted octanol–water partition coefficient (Wildman–Crippen LogP) is 3.67. The molecule has 0 saturated carbocycles. The predicted molar refractivity (Wildman–Crippen MR) is 101 cm³/mol. The number of carbonyl (C=O) groups excluding carboxylic acids is 2. The minimum atomic E-state index is -0.583. The Morgan fingerprint density at radius 1 is 1.12 bits per heavy atom. The van der Waals surface area contributed by atoms with Gasteiger partial charge in [-0.15, -0.1) is 0 Å². The Hall–Kier alpha value is -3.39. The molecule has 1 N–H and O–H groups in total. The highest BCUT2D eigenvalue weighted by Gasteiger charge is 2.37. The van der Waals surface area contributed by atoms with E-state index in [0.29, 0.717) is 11.3 Å². The van der Waals surface area contributed by atoms with Crippen LogP contribution in [0.25, 0.3) is 5.57 Å². The van der Waals surface area contributed by atoms with E-state index in [1.165, 1.54) is 0 Å². The molecule has 0 aliphatic carbocycles. The lowest BCUT2D eigenvalue weighted by atomic mass is 10.0. The van der Waals surface area contributed by atoms with Gasteiger partial charge in [0.05, 0.1) is 11.3 Å². The summed E-state index contributed by atoms with van der Waals surface area (Å²) in [7, 11) is 0. The summed E-state index contributed by atoms with van der Waals surface area (Å²) in [6.07, 6.45) is 0. The smallest absolute Gasteiger partial charge is 0.267 e. The Bertz CT molecular complexity index is 950. The van der Waals surface area contributed by atoms with Gasteiger partial charge < -0.3 is 10.2 Å². The molecule has 0 spiro atoms. The largest absolute Gasteiger partial charge is 0.321 e. The van der Waals surface area contributed by atoms with Gasteiger partial charge in [0.25, 0.3) is 11.8 Å². The number of nitrogens with zero attached hydrogens (tertiary/aromatic N) is 2. The number of hydrogen-bond acceptors (Lipinski definition) is 3. The van der Waals surface area contributed by atoms with Crippen LogP contribution in [0.2, 0.25) is 0 Å². The summed E-state index contributed by atoms with van der Waals surface area (Å²) in [4.78, 5) is 27.2. The van der Waals surface area contributed by atoms with Crippen LogP contribution in [0, 0.1) is 18.3 Å². The molecular weight excluding hydrogens is 326 g/mol. The lowest BCUT2D eigenvalue weighted by Gasteiger charge is -2.21. The SMILES string of the molecule is Cc1ccc(NC(=O)C(C#N)=C2C(=O)N(C(C)C)c3ccccc32)cc1. The third-order valence-corrected chi connectivity index (χ3v) is 4.28. The number of rotatable bonds is 3. The highest BCUT2D eigenvalue weighted by atomic mass is 16.2. The van der Waals surface area contributed by atoms with Crippen molar-refractivity contribution in [2.45, 2.75) is 26.8 Å². The molecule has 3 rings (SSSR count). The van der Waals surface area contributed by atoms with Crippen LogP contribution in [0.3, 0.4) is 0 Å². The van der Waals surface area contributed by atoms with Crippen LogP contribution < -0.4 is 10.2 Å². The topological polar surface area (TPSA) is 73.2 Å². The maximum atomic E-state index is 12.9. The molecule has 26 heavy (non-hydrogen) atoms. The van der Waals surface area contributed by atoms with Crippen LogP contribution in [-0.4, -0.2) is 17.9 Å². The summed E-state index contributed by atoms with van der Waals surface area (Å²) in [5.41, 5.74) is 2.95. The summed E-state index contributed by atoms with van der Waals surface area (Å²) in [6, 6.07) is 16.3. The summed E-state index contributed by atoms with van der Waals surface area (Å²) >= 11 is 0. The Balaban J connectivity index is 2.06. The maximum absolute atomic E-state index is 12.9. The molecule has 0 radical (unpaired) electrons. The van der Waals surface area contributed by atoms with Crippen molar-refractivity contribution in [1.29, 1.82) is 5.26 Å². The number of para-hydroxylation sites is 1. The van der Waals surface area contributed by atoms with Crippen LogP contribution in [0.15, 0.2) is 54.1 Å². The second-order valence-corrected chi connectivity index (χ2v) is 6.47. The number of nitriles is 1. The first-order chi connectivity index (χ1) is 12.4. The van der Waals surface area contributed by atoms with Crippen LogP contribution in [-0.2, 0) is 9.59 Å². The normalized spacial score (nSPS) is 14.9. The van der Waals surface area contributed by atoms with Crippen LogP contribution in [0.1, 0.15) is 25.0 Å². The first-order valence-corrected chi connectivity index (χ1v) is 8.39. The van der Waals surface area contributed by atoms with Crippen molar-refractivity contribution in [2.24, 2.45) is 0 Å². The van der Waals surface area contributed by atoms with Crippen LogP contribution in [0.5, 0.6) is 0 Å². The van der Waals surface area contributed by atoms with Gasteiger partial charge in [0.2, 0.25) is 0 Å². The monoisotopic (exact) mass is 345 g/mol. The van der Waals surface area contributed by atoms with E-state index < -0.39 is 5.91 Å². The molecule has 0 atom stereocenters. The van der Waals surface area contributed by atoms with Gasteiger partial charge in [0, 0.05) is 17.3 Å². The number of carbonyl (C=O) groups is 2. The Morgan fingerprint density at radius 2 is 1.77 bits per heavy atom. The van der Waals surface area contributed by atoms with Crippen molar-refractivity contribution < 1.29 is 9.59 Å². The second-order valence-electron chi connectivity index (χ2n) is 6.47. The fourth-order valence-corrected chi connectivity index (χ4v) is 3.05. The fourth-order valence-electron chi connectivity index (χ4n) is 3.05. The molecule has 0 saturated heterocycles. The molecule has 1 aliphatic rings. The highest BCUT2D eigenvalue weighted by Crippen LogP contribution is 2.39. The molecule has 0 fully saturated rings. The average molecular weight is 345 g/mol. The number of hydrogen-bond donors (Lipinski definition) is 1. The van der Waals surface area contributed by atoms with Crippen LogP contribution >= 0.6 is 0 Å². The van der Waals surface area contributed by atoms with E-state index in [0.717, 1.165) is 11.3 Å². The summed E-state index contributed by atoms with van der Waals surface area (Å²) in [6.45, 7) is 5.75. The zero-order valence-corrected chi connectivity index (χ0v) is 14.9. The van der Waals surface area contributed by atoms with Gasteiger partial charge in [-0.2, -0.15) is 5.26 Å². The number of benzene rings is 2. The quantitative estimate of drug-likeness (QED) is 0.681. The summed E-state index contributed by atoms with van der Waals surface area (Å²) in [5, 5.41) is 12.3. The summed E-state index contributed by atoms with van der Waals surface area (Å²) < 4.78 is 0. The number of amides is 2. The Morgan fingerprint density at radius 3 is 2.38 bits per heavy atom. The van der Waals surface area contributed by atoms with Gasteiger partial charge in [-0.05, 0) is 39.0 Å². The minimum absolute atomic E-state index is 0.0822. The molecule has 0 bridgehead atoms. The molecular formula is C21H19N3O2. The van der Waals surface area contributed by atoms with Crippen molar-refractivity contribution in [1.82, 2.24) is 0 Å². The summed E-state index contributed by atoms with van der Waals surface area (Å²) in [5.74, 6) is -0.906. The van der Waals surface area contributed by atoms with Crippen molar-refractivity contribution in [2.75, 3.05) is 10.2 Å². The Kier molecular flexibility index (Phi) is 4.59. The molecule has 5 heteroatoms. The molecule has 1 heterocycles.